The molecule has 1 aromatic carbocycles. The molecule has 1 saturated heterocycles. The number of aromatic nitrogens is 2. The Morgan fingerprint density at radius 2 is 1.94 bits per heavy atom. The van der Waals surface area contributed by atoms with Gasteiger partial charge in [-0.1, -0.05) is 24.6 Å². The van der Waals surface area contributed by atoms with Crippen molar-refractivity contribution in [2.45, 2.75) is 25.8 Å². The van der Waals surface area contributed by atoms with Crippen molar-refractivity contribution in [2.24, 2.45) is 0 Å². The van der Waals surface area contributed by atoms with Gasteiger partial charge in [0.05, 0.1) is 11.2 Å². The molecule has 0 bridgehead atoms. The van der Waals surface area contributed by atoms with Crippen LogP contribution < -0.4 is 0 Å². The maximum Gasteiger partial charge on any atom is 0.0924 e. The van der Waals surface area contributed by atoms with Crippen LogP contribution in [0.25, 0.3) is 10.9 Å². The standard InChI is InChI=1S/C13H17N3/c1-4-8-16(9-5-1)10-13-11-6-2-3-7-12(11)14-15-13/h2-3,6-7H,1,4-5,8-10H2,(H,14,15). The number of benzene rings is 1. The van der Waals surface area contributed by atoms with Gasteiger partial charge >= 0.3 is 0 Å². The van der Waals surface area contributed by atoms with E-state index in [9.17, 15) is 0 Å². The summed E-state index contributed by atoms with van der Waals surface area (Å²) < 4.78 is 0. The monoisotopic (exact) mass is 215 g/mol. The van der Waals surface area contributed by atoms with Crippen LogP contribution in [0, 0.1) is 0 Å². The fourth-order valence-electron chi connectivity index (χ4n) is 2.48. The van der Waals surface area contributed by atoms with Crippen LogP contribution in [-0.4, -0.2) is 28.2 Å². The Morgan fingerprint density at radius 3 is 2.81 bits per heavy atom. The van der Waals surface area contributed by atoms with Gasteiger partial charge in [0.25, 0.3) is 0 Å². The lowest BCUT2D eigenvalue weighted by Gasteiger charge is -2.25. The Bertz CT molecular complexity index is 469. The van der Waals surface area contributed by atoms with E-state index in [1.54, 1.807) is 0 Å². The number of likely N-dealkylation sites (tertiary alicyclic amines) is 1. The molecule has 3 nitrogen and oxygen atoms in total. The van der Waals surface area contributed by atoms with Gasteiger partial charge in [0, 0.05) is 11.9 Å². The van der Waals surface area contributed by atoms with Gasteiger partial charge in [-0.05, 0) is 32.0 Å². The average molecular weight is 215 g/mol. The minimum atomic E-state index is 1.01. The molecule has 2 heterocycles. The third kappa shape index (κ3) is 1.83. The number of rotatable bonds is 2. The molecule has 3 heteroatoms. The van der Waals surface area contributed by atoms with Crippen molar-refractivity contribution < 1.29 is 0 Å². The largest absolute Gasteiger partial charge is 0.298 e. The Labute approximate surface area is 95.5 Å². The third-order valence-corrected chi connectivity index (χ3v) is 3.37. The number of hydrogen-bond donors (Lipinski definition) is 1. The number of nitrogens with one attached hydrogen (secondary N) is 1. The minimum absolute atomic E-state index is 1.01. The van der Waals surface area contributed by atoms with Crippen LogP contribution in [-0.2, 0) is 6.54 Å². The molecule has 2 aromatic rings. The third-order valence-electron chi connectivity index (χ3n) is 3.37. The summed E-state index contributed by atoms with van der Waals surface area (Å²) >= 11 is 0. The molecule has 84 valence electrons. The molecule has 1 aliphatic rings. The van der Waals surface area contributed by atoms with E-state index in [1.165, 1.54) is 43.4 Å². The van der Waals surface area contributed by atoms with Gasteiger partial charge in [0.15, 0.2) is 0 Å². The number of aromatic amines is 1. The zero-order valence-corrected chi connectivity index (χ0v) is 9.45. The zero-order chi connectivity index (χ0) is 10.8. The molecule has 1 aliphatic heterocycles. The van der Waals surface area contributed by atoms with Crippen LogP contribution in [0.15, 0.2) is 24.3 Å². The van der Waals surface area contributed by atoms with Crippen molar-refractivity contribution in [3.63, 3.8) is 0 Å². The van der Waals surface area contributed by atoms with Crippen molar-refractivity contribution in [1.82, 2.24) is 15.1 Å². The molecule has 1 N–H and O–H groups in total. The van der Waals surface area contributed by atoms with Gasteiger partial charge < -0.3 is 0 Å². The first-order valence-electron chi connectivity index (χ1n) is 6.08. The molecule has 0 aliphatic carbocycles. The molecular weight excluding hydrogens is 198 g/mol. The van der Waals surface area contributed by atoms with E-state index >= 15 is 0 Å². The molecule has 3 rings (SSSR count). The second kappa shape index (κ2) is 4.26. The minimum Gasteiger partial charge on any atom is -0.298 e. The summed E-state index contributed by atoms with van der Waals surface area (Å²) in [6, 6.07) is 8.33. The zero-order valence-electron chi connectivity index (χ0n) is 9.45. The van der Waals surface area contributed by atoms with Crippen LogP contribution in [0.3, 0.4) is 0 Å². The number of fused-ring (bicyclic) bond motifs is 1. The molecular formula is C13H17N3. The Balaban J connectivity index is 1.83. The maximum atomic E-state index is 4.33. The quantitative estimate of drug-likeness (QED) is 0.835. The Morgan fingerprint density at radius 1 is 1.12 bits per heavy atom. The van der Waals surface area contributed by atoms with Crippen molar-refractivity contribution in [3.05, 3.63) is 30.0 Å². The summed E-state index contributed by atoms with van der Waals surface area (Å²) in [6.07, 6.45) is 4.07. The van der Waals surface area contributed by atoms with E-state index in [0.29, 0.717) is 0 Å². The van der Waals surface area contributed by atoms with E-state index in [2.05, 4.69) is 33.3 Å². The number of para-hydroxylation sites is 1. The van der Waals surface area contributed by atoms with Crippen molar-refractivity contribution >= 4 is 10.9 Å². The van der Waals surface area contributed by atoms with Gasteiger partial charge in [-0.15, -0.1) is 0 Å². The van der Waals surface area contributed by atoms with Gasteiger partial charge in [0.1, 0.15) is 0 Å². The topological polar surface area (TPSA) is 31.9 Å². The first kappa shape index (κ1) is 9.85. The Kier molecular flexibility index (Phi) is 2.62. The lowest BCUT2D eigenvalue weighted by atomic mass is 10.1. The highest BCUT2D eigenvalue weighted by molar-refractivity contribution is 5.81. The van der Waals surface area contributed by atoms with Crippen molar-refractivity contribution in [1.29, 1.82) is 0 Å². The Hall–Kier alpha value is -1.35. The molecule has 0 unspecified atom stereocenters. The number of nitrogens with zero attached hydrogens (tertiary/aromatic N) is 2. The van der Waals surface area contributed by atoms with Crippen LogP contribution >= 0.6 is 0 Å². The van der Waals surface area contributed by atoms with E-state index in [4.69, 9.17) is 0 Å². The van der Waals surface area contributed by atoms with Gasteiger partial charge in [0.2, 0.25) is 0 Å². The lowest BCUT2D eigenvalue weighted by molar-refractivity contribution is 0.219. The average Bonchev–Trinajstić information content (AvgIpc) is 2.74. The molecule has 16 heavy (non-hydrogen) atoms. The van der Waals surface area contributed by atoms with Gasteiger partial charge in [-0.2, -0.15) is 5.10 Å². The first-order chi connectivity index (χ1) is 7.93. The van der Waals surface area contributed by atoms with E-state index < -0.39 is 0 Å². The van der Waals surface area contributed by atoms with Crippen LogP contribution in [0.1, 0.15) is 25.0 Å². The number of hydrogen-bond acceptors (Lipinski definition) is 2. The van der Waals surface area contributed by atoms with Crippen molar-refractivity contribution in [2.75, 3.05) is 13.1 Å². The summed E-state index contributed by atoms with van der Waals surface area (Å²) in [4.78, 5) is 2.52. The van der Waals surface area contributed by atoms with Crippen molar-refractivity contribution in [3.8, 4) is 0 Å². The molecule has 0 amide bonds. The smallest absolute Gasteiger partial charge is 0.0924 e. The predicted molar refractivity (Wildman–Crippen MR) is 65.2 cm³/mol. The fourth-order valence-corrected chi connectivity index (χ4v) is 2.48. The SMILES string of the molecule is c1ccc2c(CN3CCCCC3)[nH]nc2c1. The molecule has 1 fully saturated rings. The summed E-state index contributed by atoms with van der Waals surface area (Å²) in [7, 11) is 0. The molecule has 0 atom stereocenters. The summed E-state index contributed by atoms with van der Waals surface area (Å²) in [5.74, 6) is 0. The van der Waals surface area contributed by atoms with E-state index in [1.807, 2.05) is 6.07 Å². The number of H-pyrrole nitrogens is 1. The first-order valence-corrected chi connectivity index (χ1v) is 6.08. The number of piperidine rings is 1. The molecule has 0 radical (unpaired) electrons. The van der Waals surface area contributed by atoms with E-state index in [-0.39, 0.29) is 0 Å². The van der Waals surface area contributed by atoms with Crippen LogP contribution in [0.2, 0.25) is 0 Å². The molecule has 0 saturated carbocycles. The maximum absolute atomic E-state index is 4.33. The second-order valence-electron chi connectivity index (χ2n) is 4.56. The van der Waals surface area contributed by atoms with E-state index in [0.717, 1.165) is 12.1 Å². The second-order valence-corrected chi connectivity index (χ2v) is 4.56. The van der Waals surface area contributed by atoms with Crippen LogP contribution in [0.4, 0.5) is 0 Å². The predicted octanol–water partition coefficient (Wildman–Crippen LogP) is 2.55. The highest BCUT2D eigenvalue weighted by Crippen LogP contribution is 2.18. The fraction of sp³-hybridized carbons (Fsp3) is 0.462. The van der Waals surface area contributed by atoms with Gasteiger partial charge in [-0.25, -0.2) is 0 Å². The molecule has 1 aromatic heterocycles. The summed E-state index contributed by atoms with van der Waals surface area (Å²) in [6.45, 7) is 3.47. The highest BCUT2D eigenvalue weighted by atomic mass is 15.2. The highest BCUT2D eigenvalue weighted by Gasteiger charge is 2.13. The molecule has 0 spiro atoms. The summed E-state index contributed by atoms with van der Waals surface area (Å²) in [5, 5.41) is 8.77. The summed E-state index contributed by atoms with van der Waals surface area (Å²) in [5.41, 5.74) is 2.34. The van der Waals surface area contributed by atoms with Crippen LogP contribution in [0.5, 0.6) is 0 Å². The lowest BCUT2D eigenvalue weighted by Crippen LogP contribution is -2.29. The van der Waals surface area contributed by atoms with Gasteiger partial charge in [-0.3, -0.25) is 10.00 Å². The normalized spacial score (nSPS) is 18.0.